The molecule has 0 saturated carbocycles. The van der Waals surface area contributed by atoms with E-state index in [9.17, 15) is 4.79 Å². The second-order valence-corrected chi connectivity index (χ2v) is 5.08. The van der Waals surface area contributed by atoms with E-state index in [1.165, 1.54) is 0 Å². The van der Waals surface area contributed by atoms with Crippen molar-refractivity contribution in [3.8, 4) is 0 Å². The minimum Gasteiger partial charge on any atom is -0.288 e. The lowest BCUT2D eigenvalue weighted by molar-refractivity contribution is 0.104. The van der Waals surface area contributed by atoms with Crippen molar-refractivity contribution in [1.29, 1.82) is 0 Å². The average Bonchev–Trinajstić information content (AvgIpc) is 3.01. The van der Waals surface area contributed by atoms with Crippen LogP contribution in [0.1, 0.15) is 21.7 Å². The molecule has 0 atom stereocenters. The first-order valence-corrected chi connectivity index (χ1v) is 6.82. The fraction of sp³-hybridized carbons (Fsp3) is 0.0667. The number of thiazole rings is 1. The predicted octanol–water partition coefficient (Wildman–Crippen LogP) is 3.60. The van der Waals surface area contributed by atoms with E-state index in [0.29, 0.717) is 5.69 Å². The normalized spacial score (nSPS) is 11.4. The SMILES string of the molecule is Cc1csc2ncc(C(=O)C=Cc3ccccc3)n12. The quantitative estimate of drug-likeness (QED) is 0.537. The van der Waals surface area contributed by atoms with E-state index in [0.717, 1.165) is 16.2 Å². The van der Waals surface area contributed by atoms with E-state index < -0.39 is 0 Å². The van der Waals surface area contributed by atoms with Crippen LogP contribution in [0.3, 0.4) is 0 Å². The van der Waals surface area contributed by atoms with Crippen LogP contribution >= 0.6 is 11.3 Å². The summed E-state index contributed by atoms with van der Waals surface area (Å²) in [6.45, 7) is 1.98. The average molecular weight is 268 g/mol. The number of hydrogen-bond acceptors (Lipinski definition) is 3. The first kappa shape index (κ1) is 11.9. The molecule has 0 spiro atoms. The zero-order chi connectivity index (χ0) is 13.2. The highest BCUT2D eigenvalue weighted by molar-refractivity contribution is 7.15. The van der Waals surface area contributed by atoms with E-state index in [-0.39, 0.29) is 5.78 Å². The fourth-order valence-corrected chi connectivity index (χ4v) is 2.79. The van der Waals surface area contributed by atoms with Gasteiger partial charge in [0.1, 0.15) is 5.69 Å². The summed E-state index contributed by atoms with van der Waals surface area (Å²) in [4.78, 5) is 17.3. The van der Waals surface area contributed by atoms with Gasteiger partial charge in [0, 0.05) is 11.1 Å². The molecular weight excluding hydrogens is 256 g/mol. The molecule has 2 aromatic heterocycles. The number of imidazole rings is 1. The Morgan fingerprint density at radius 2 is 2.11 bits per heavy atom. The zero-order valence-electron chi connectivity index (χ0n) is 10.4. The van der Waals surface area contributed by atoms with Gasteiger partial charge >= 0.3 is 0 Å². The smallest absolute Gasteiger partial charge is 0.204 e. The van der Waals surface area contributed by atoms with E-state index in [1.54, 1.807) is 23.6 Å². The van der Waals surface area contributed by atoms with E-state index in [1.807, 2.05) is 53.1 Å². The van der Waals surface area contributed by atoms with Crippen LogP contribution in [0.2, 0.25) is 0 Å². The van der Waals surface area contributed by atoms with Crippen LogP contribution in [-0.4, -0.2) is 15.2 Å². The maximum absolute atomic E-state index is 12.2. The van der Waals surface area contributed by atoms with Crippen molar-refractivity contribution in [2.24, 2.45) is 0 Å². The Morgan fingerprint density at radius 3 is 2.89 bits per heavy atom. The van der Waals surface area contributed by atoms with E-state index in [2.05, 4.69) is 4.98 Å². The van der Waals surface area contributed by atoms with Gasteiger partial charge in [0.2, 0.25) is 5.78 Å². The molecule has 0 N–H and O–H groups in total. The molecule has 3 rings (SSSR count). The first-order chi connectivity index (χ1) is 9.25. The summed E-state index contributed by atoms with van der Waals surface area (Å²) in [5.41, 5.74) is 2.66. The minimum atomic E-state index is -0.0298. The van der Waals surface area contributed by atoms with Crippen LogP contribution in [0.15, 0.2) is 48.0 Å². The Labute approximate surface area is 114 Å². The zero-order valence-corrected chi connectivity index (χ0v) is 11.2. The maximum atomic E-state index is 12.2. The van der Waals surface area contributed by atoms with Gasteiger partial charge in [0.05, 0.1) is 6.20 Å². The first-order valence-electron chi connectivity index (χ1n) is 5.95. The van der Waals surface area contributed by atoms with Crippen LogP contribution in [0.4, 0.5) is 0 Å². The highest BCUT2D eigenvalue weighted by Gasteiger charge is 2.12. The summed E-state index contributed by atoms with van der Waals surface area (Å²) in [5, 5.41) is 2.00. The molecule has 19 heavy (non-hydrogen) atoms. The molecule has 94 valence electrons. The van der Waals surface area contributed by atoms with E-state index in [4.69, 9.17) is 0 Å². The Morgan fingerprint density at radius 1 is 1.32 bits per heavy atom. The lowest BCUT2D eigenvalue weighted by atomic mass is 10.2. The lowest BCUT2D eigenvalue weighted by Crippen LogP contribution is -2.00. The van der Waals surface area contributed by atoms with Crippen LogP contribution in [0.5, 0.6) is 0 Å². The summed E-state index contributed by atoms with van der Waals surface area (Å²) in [6.07, 6.45) is 5.05. The molecule has 1 aromatic carbocycles. The van der Waals surface area contributed by atoms with Gasteiger partial charge in [-0.05, 0) is 18.6 Å². The van der Waals surface area contributed by atoms with Gasteiger partial charge in [0.15, 0.2) is 4.96 Å². The standard InChI is InChI=1S/C15H12N2OS/c1-11-10-19-15-16-9-13(17(11)15)14(18)8-7-12-5-3-2-4-6-12/h2-10H,1H3. The number of carbonyl (C=O) groups is 1. The Kier molecular flexibility index (Phi) is 3.01. The number of fused-ring (bicyclic) bond motifs is 1. The molecule has 0 bridgehead atoms. The van der Waals surface area contributed by atoms with Crippen molar-refractivity contribution in [3.63, 3.8) is 0 Å². The number of ketones is 1. The van der Waals surface area contributed by atoms with Crippen LogP contribution in [-0.2, 0) is 0 Å². The Bertz CT molecular complexity index is 753. The Balaban J connectivity index is 1.92. The fourth-order valence-electron chi connectivity index (χ4n) is 1.94. The van der Waals surface area contributed by atoms with Crippen molar-refractivity contribution in [2.45, 2.75) is 6.92 Å². The second kappa shape index (κ2) is 4.82. The minimum absolute atomic E-state index is 0.0298. The van der Waals surface area contributed by atoms with Crippen LogP contribution < -0.4 is 0 Å². The molecule has 0 amide bonds. The summed E-state index contributed by atoms with van der Waals surface area (Å²) >= 11 is 1.54. The van der Waals surface area contributed by atoms with Gasteiger partial charge in [0.25, 0.3) is 0 Å². The van der Waals surface area contributed by atoms with Crippen molar-refractivity contribution < 1.29 is 4.79 Å². The molecule has 0 aliphatic carbocycles. The number of hydrogen-bond donors (Lipinski definition) is 0. The molecule has 0 radical (unpaired) electrons. The van der Waals surface area contributed by atoms with Crippen molar-refractivity contribution in [3.05, 3.63) is 64.9 Å². The lowest BCUT2D eigenvalue weighted by Gasteiger charge is -1.96. The molecule has 0 aliphatic rings. The van der Waals surface area contributed by atoms with Crippen LogP contribution in [0, 0.1) is 6.92 Å². The second-order valence-electron chi connectivity index (χ2n) is 4.25. The number of rotatable bonds is 3. The molecule has 3 aromatic rings. The Hall–Kier alpha value is -2.20. The van der Waals surface area contributed by atoms with Crippen molar-refractivity contribution in [2.75, 3.05) is 0 Å². The number of allylic oxidation sites excluding steroid dienone is 1. The van der Waals surface area contributed by atoms with Gasteiger partial charge in [-0.15, -0.1) is 11.3 Å². The number of carbonyl (C=O) groups excluding carboxylic acids is 1. The van der Waals surface area contributed by atoms with Gasteiger partial charge in [-0.2, -0.15) is 0 Å². The third kappa shape index (κ3) is 2.22. The monoisotopic (exact) mass is 268 g/mol. The molecule has 0 unspecified atom stereocenters. The van der Waals surface area contributed by atoms with Gasteiger partial charge in [-0.1, -0.05) is 36.4 Å². The molecule has 2 heterocycles. The summed E-state index contributed by atoms with van der Waals surface area (Å²) in [6, 6.07) is 9.78. The van der Waals surface area contributed by atoms with Gasteiger partial charge in [-0.25, -0.2) is 4.98 Å². The maximum Gasteiger partial charge on any atom is 0.204 e. The molecule has 0 saturated heterocycles. The highest BCUT2D eigenvalue weighted by atomic mass is 32.1. The molecule has 0 aliphatic heterocycles. The molecule has 3 nitrogen and oxygen atoms in total. The third-order valence-electron chi connectivity index (χ3n) is 2.90. The van der Waals surface area contributed by atoms with Gasteiger partial charge in [-0.3, -0.25) is 9.20 Å². The topological polar surface area (TPSA) is 34.4 Å². The predicted molar refractivity (Wildman–Crippen MR) is 77.6 cm³/mol. The van der Waals surface area contributed by atoms with E-state index >= 15 is 0 Å². The van der Waals surface area contributed by atoms with Gasteiger partial charge < -0.3 is 0 Å². The number of benzene rings is 1. The molecule has 4 heteroatoms. The van der Waals surface area contributed by atoms with Crippen molar-refractivity contribution in [1.82, 2.24) is 9.38 Å². The number of aryl methyl sites for hydroxylation is 1. The van der Waals surface area contributed by atoms with Crippen LogP contribution in [0.25, 0.3) is 11.0 Å². The number of nitrogens with zero attached hydrogens (tertiary/aromatic N) is 2. The van der Waals surface area contributed by atoms with Crippen molar-refractivity contribution >= 4 is 28.2 Å². The third-order valence-corrected chi connectivity index (χ3v) is 3.85. The summed E-state index contributed by atoms with van der Waals surface area (Å²) < 4.78 is 1.89. The number of aromatic nitrogens is 2. The molecule has 0 fully saturated rings. The highest BCUT2D eigenvalue weighted by Crippen LogP contribution is 2.18. The summed E-state index contributed by atoms with van der Waals surface area (Å²) in [7, 11) is 0. The molecular formula is C15H12N2OS. The summed E-state index contributed by atoms with van der Waals surface area (Å²) in [5.74, 6) is -0.0298. The largest absolute Gasteiger partial charge is 0.288 e.